The Morgan fingerprint density at radius 1 is 1.38 bits per heavy atom. The third kappa shape index (κ3) is 3.20. The SMILES string of the molecule is [CH2-][NH+]1CCCC(COc2ccc(F)cc2)C1. The van der Waals surface area contributed by atoms with E-state index in [2.05, 4.69) is 7.05 Å². The number of hydrogen-bond acceptors (Lipinski definition) is 1. The Kier molecular flexibility index (Phi) is 3.78. The zero-order chi connectivity index (χ0) is 11.4. The zero-order valence-corrected chi connectivity index (χ0v) is 9.42. The van der Waals surface area contributed by atoms with Gasteiger partial charge in [0.25, 0.3) is 0 Å². The van der Waals surface area contributed by atoms with Crippen molar-refractivity contribution in [2.24, 2.45) is 5.92 Å². The minimum absolute atomic E-state index is 0.224. The fourth-order valence-corrected chi connectivity index (χ4v) is 2.14. The molecule has 1 aromatic carbocycles. The molecule has 1 aliphatic rings. The van der Waals surface area contributed by atoms with Gasteiger partial charge in [0.1, 0.15) is 11.6 Å². The summed E-state index contributed by atoms with van der Waals surface area (Å²) in [6.07, 6.45) is 2.43. The second-order valence-electron chi connectivity index (χ2n) is 4.48. The summed E-state index contributed by atoms with van der Waals surface area (Å²) in [5.74, 6) is 1.10. The molecule has 2 rings (SSSR count). The van der Waals surface area contributed by atoms with Crippen LogP contribution in [0.1, 0.15) is 12.8 Å². The van der Waals surface area contributed by atoms with Crippen molar-refractivity contribution in [2.75, 3.05) is 19.7 Å². The van der Waals surface area contributed by atoms with Crippen molar-refractivity contribution in [3.63, 3.8) is 0 Å². The van der Waals surface area contributed by atoms with Gasteiger partial charge in [-0.05, 0) is 37.1 Å². The Hall–Kier alpha value is -1.09. The molecule has 0 amide bonds. The number of halogens is 1. The van der Waals surface area contributed by atoms with E-state index in [4.69, 9.17) is 4.74 Å². The summed E-state index contributed by atoms with van der Waals surface area (Å²) in [6, 6.07) is 6.20. The molecule has 1 heterocycles. The first-order chi connectivity index (χ1) is 7.74. The molecular formula is C13H18FNO. The minimum atomic E-state index is -0.224. The van der Waals surface area contributed by atoms with E-state index in [0.717, 1.165) is 18.8 Å². The predicted octanol–water partition coefficient (Wildman–Crippen LogP) is 1.29. The summed E-state index contributed by atoms with van der Waals surface area (Å²) in [5, 5.41) is 0. The lowest BCUT2D eigenvalue weighted by atomic mass is 10.00. The fourth-order valence-electron chi connectivity index (χ4n) is 2.14. The molecule has 1 aliphatic heterocycles. The van der Waals surface area contributed by atoms with Crippen LogP contribution in [-0.4, -0.2) is 19.7 Å². The van der Waals surface area contributed by atoms with E-state index in [-0.39, 0.29) is 5.82 Å². The number of likely N-dealkylation sites (tertiary alicyclic amines) is 1. The number of piperidine rings is 1. The lowest BCUT2D eigenvalue weighted by Gasteiger charge is -2.31. The van der Waals surface area contributed by atoms with Crippen LogP contribution >= 0.6 is 0 Å². The smallest absolute Gasteiger partial charge is 0.123 e. The molecule has 2 nitrogen and oxygen atoms in total. The standard InChI is InChI=1S/C13H18FNO/c1-15-8-2-3-11(9-15)10-16-13-6-4-12(14)5-7-13/h4-7,11,15H,1-3,8-10H2. The third-order valence-electron chi connectivity index (χ3n) is 3.02. The van der Waals surface area contributed by atoms with E-state index in [1.807, 2.05) is 0 Å². The van der Waals surface area contributed by atoms with Gasteiger partial charge in [0, 0.05) is 5.92 Å². The van der Waals surface area contributed by atoms with Crippen LogP contribution in [0.4, 0.5) is 4.39 Å². The van der Waals surface area contributed by atoms with Crippen LogP contribution in [0.5, 0.6) is 5.75 Å². The highest BCUT2D eigenvalue weighted by Crippen LogP contribution is 2.14. The van der Waals surface area contributed by atoms with Crippen molar-refractivity contribution in [2.45, 2.75) is 12.8 Å². The van der Waals surface area contributed by atoms with E-state index in [9.17, 15) is 4.39 Å². The Balaban J connectivity index is 1.80. The van der Waals surface area contributed by atoms with Crippen LogP contribution in [0.25, 0.3) is 0 Å². The van der Waals surface area contributed by atoms with Gasteiger partial charge in [0.15, 0.2) is 0 Å². The second-order valence-corrected chi connectivity index (χ2v) is 4.48. The molecule has 0 saturated carbocycles. The normalized spacial score (nSPS) is 25.4. The average Bonchev–Trinajstić information content (AvgIpc) is 2.28. The highest BCUT2D eigenvalue weighted by atomic mass is 19.1. The van der Waals surface area contributed by atoms with Crippen molar-refractivity contribution in [1.82, 2.24) is 0 Å². The Bertz CT molecular complexity index is 325. The van der Waals surface area contributed by atoms with Crippen LogP contribution in [0.3, 0.4) is 0 Å². The summed E-state index contributed by atoms with van der Waals surface area (Å²) in [6.45, 7) is 2.94. The number of ether oxygens (including phenoxy) is 1. The van der Waals surface area contributed by atoms with Gasteiger partial charge in [-0.25, -0.2) is 4.39 Å². The molecule has 1 N–H and O–H groups in total. The average molecular weight is 223 g/mol. The Morgan fingerprint density at radius 3 is 2.81 bits per heavy atom. The maximum absolute atomic E-state index is 12.7. The Morgan fingerprint density at radius 2 is 2.12 bits per heavy atom. The summed E-state index contributed by atoms with van der Waals surface area (Å²) < 4.78 is 18.3. The molecule has 88 valence electrons. The van der Waals surface area contributed by atoms with Gasteiger partial charge in [0.05, 0.1) is 19.7 Å². The number of hydrogen-bond donors (Lipinski definition) is 1. The molecule has 1 aromatic rings. The van der Waals surface area contributed by atoms with E-state index in [1.165, 1.54) is 29.9 Å². The molecule has 16 heavy (non-hydrogen) atoms. The third-order valence-corrected chi connectivity index (χ3v) is 3.02. The lowest BCUT2D eigenvalue weighted by molar-refractivity contribution is -0.863. The number of quaternary nitrogens is 1. The highest BCUT2D eigenvalue weighted by Gasteiger charge is 2.18. The van der Waals surface area contributed by atoms with Crippen molar-refractivity contribution in [1.29, 1.82) is 0 Å². The maximum atomic E-state index is 12.7. The topological polar surface area (TPSA) is 13.7 Å². The van der Waals surface area contributed by atoms with Crippen LogP contribution < -0.4 is 9.64 Å². The summed E-state index contributed by atoms with van der Waals surface area (Å²) in [7, 11) is 4.03. The van der Waals surface area contributed by atoms with Crippen molar-refractivity contribution in [3.05, 3.63) is 37.1 Å². The highest BCUT2D eigenvalue weighted by molar-refractivity contribution is 5.21. The molecule has 3 heteroatoms. The predicted molar refractivity (Wildman–Crippen MR) is 60.7 cm³/mol. The second kappa shape index (κ2) is 5.30. The van der Waals surface area contributed by atoms with Gasteiger partial charge in [-0.1, -0.05) is 0 Å². The van der Waals surface area contributed by atoms with Gasteiger partial charge >= 0.3 is 0 Å². The summed E-state index contributed by atoms with van der Waals surface area (Å²) in [5.41, 5.74) is 0. The van der Waals surface area contributed by atoms with Crippen molar-refractivity contribution < 1.29 is 14.0 Å². The Labute approximate surface area is 96.0 Å². The van der Waals surface area contributed by atoms with E-state index < -0.39 is 0 Å². The number of nitrogens with one attached hydrogen (secondary N) is 1. The molecule has 0 spiro atoms. The molecular weight excluding hydrogens is 205 g/mol. The molecule has 2 atom stereocenters. The maximum Gasteiger partial charge on any atom is 0.123 e. The van der Waals surface area contributed by atoms with Crippen molar-refractivity contribution in [3.8, 4) is 5.75 Å². The summed E-state index contributed by atoms with van der Waals surface area (Å²) >= 11 is 0. The van der Waals surface area contributed by atoms with Crippen LogP contribution in [0.2, 0.25) is 0 Å². The van der Waals surface area contributed by atoms with E-state index in [1.54, 1.807) is 12.1 Å². The zero-order valence-electron chi connectivity index (χ0n) is 9.42. The van der Waals surface area contributed by atoms with Gasteiger partial charge in [0.2, 0.25) is 0 Å². The first-order valence-corrected chi connectivity index (χ1v) is 5.79. The molecule has 2 unspecified atom stereocenters. The number of rotatable bonds is 3. The fraction of sp³-hybridized carbons (Fsp3) is 0.462. The van der Waals surface area contributed by atoms with Crippen molar-refractivity contribution >= 4 is 0 Å². The van der Waals surface area contributed by atoms with E-state index >= 15 is 0 Å². The van der Waals surface area contributed by atoms with E-state index in [0.29, 0.717) is 12.5 Å². The van der Waals surface area contributed by atoms with Crippen LogP contribution in [0.15, 0.2) is 24.3 Å². The molecule has 0 bridgehead atoms. The monoisotopic (exact) mass is 223 g/mol. The largest absolute Gasteiger partial charge is 0.493 e. The molecule has 0 aromatic heterocycles. The van der Waals surface area contributed by atoms with Gasteiger partial charge in [-0.2, -0.15) is 7.05 Å². The van der Waals surface area contributed by atoms with Gasteiger partial charge in [-0.3, -0.25) is 0 Å². The molecule has 1 fully saturated rings. The molecule has 0 aliphatic carbocycles. The van der Waals surface area contributed by atoms with Crippen LogP contribution in [-0.2, 0) is 0 Å². The molecule has 0 radical (unpaired) electrons. The first-order valence-electron chi connectivity index (χ1n) is 5.79. The minimum Gasteiger partial charge on any atom is -0.493 e. The van der Waals surface area contributed by atoms with Gasteiger partial charge in [-0.15, -0.1) is 0 Å². The van der Waals surface area contributed by atoms with Crippen LogP contribution in [0, 0.1) is 18.8 Å². The lowest BCUT2D eigenvalue weighted by Crippen LogP contribution is -3.08. The number of benzene rings is 1. The summed E-state index contributed by atoms with van der Waals surface area (Å²) in [4.78, 5) is 1.33. The van der Waals surface area contributed by atoms with Gasteiger partial charge < -0.3 is 9.64 Å². The quantitative estimate of drug-likeness (QED) is 0.762. The molecule has 1 saturated heterocycles. The first kappa shape index (κ1) is 11.4.